The van der Waals surface area contributed by atoms with Crippen LogP contribution >= 0.6 is 25.3 Å². The Bertz CT molecular complexity index is 33.1. The minimum absolute atomic E-state index is 0. The second-order valence-corrected chi connectivity index (χ2v) is 2.76. The van der Waals surface area contributed by atoms with Crippen molar-refractivity contribution in [3.8, 4) is 0 Å². The van der Waals surface area contributed by atoms with Crippen molar-refractivity contribution in [1.82, 2.24) is 0 Å². The van der Waals surface area contributed by atoms with E-state index in [1.54, 1.807) is 0 Å². The van der Waals surface area contributed by atoms with Gasteiger partial charge in [0.15, 0.2) is 0 Å². The summed E-state index contributed by atoms with van der Waals surface area (Å²) in [6.45, 7) is 7.25. The molecule has 0 aliphatic heterocycles. The number of hydrogen-bond donors (Lipinski definition) is 2. The Morgan fingerprint density at radius 1 is 0.818 bits per heavy atom. The van der Waals surface area contributed by atoms with Crippen LogP contribution in [0.5, 0.6) is 0 Å². The van der Waals surface area contributed by atoms with E-state index in [0.717, 1.165) is 37.2 Å². The van der Waals surface area contributed by atoms with Gasteiger partial charge in [0, 0.05) is 0 Å². The Kier molecular flexibility index (Phi) is 36.9. The van der Waals surface area contributed by atoms with Crippen LogP contribution in [0.2, 0.25) is 0 Å². The van der Waals surface area contributed by atoms with E-state index in [1.807, 2.05) is 0 Å². The maximum atomic E-state index is 3.96. The van der Waals surface area contributed by atoms with Crippen LogP contribution in [0.4, 0.5) is 0 Å². The molecule has 0 aliphatic carbocycles. The minimum atomic E-state index is 0. The summed E-state index contributed by atoms with van der Waals surface area (Å²) in [7, 11) is 0. The van der Waals surface area contributed by atoms with E-state index in [2.05, 4.69) is 39.1 Å². The van der Waals surface area contributed by atoms with Crippen molar-refractivity contribution in [3.63, 3.8) is 0 Å². The van der Waals surface area contributed by atoms with Crippen molar-refractivity contribution < 1.29 is 16.5 Å². The molecule has 0 amide bonds. The average Bonchev–Trinajstić information content (AvgIpc) is 1.93. The first-order valence-electron chi connectivity index (χ1n) is 3.63. The zero-order chi connectivity index (χ0) is 8.24. The Balaban J connectivity index is -0.000000107. The zero-order valence-corrected chi connectivity index (χ0v) is 9.64. The van der Waals surface area contributed by atoms with Gasteiger partial charge in [-0.25, -0.2) is 0 Å². The molecule has 0 saturated heterocycles. The maximum Gasteiger partial charge on any atom is 2.00 e. The van der Waals surface area contributed by atoms with Crippen LogP contribution in [0.3, 0.4) is 0 Å². The van der Waals surface area contributed by atoms with Gasteiger partial charge in [0.05, 0.1) is 0 Å². The summed E-state index contributed by atoms with van der Waals surface area (Å²) < 4.78 is 0. The first-order chi connectivity index (χ1) is 4.83. The van der Waals surface area contributed by atoms with Crippen LogP contribution in [0, 0.1) is 13.8 Å². The molecular formula is C8H18NiS2. The third-order valence-corrected chi connectivity index (χ3v) is 1.45. The summed E-state index contributed by atoms with van der Waals surface area (Å²) >= 11 is 7.92. The van der Waals surface area contributed by atoms with Crippen molar-refractivity contribution >= 4 is 25.3 Å². The number of rotatable bonds is 4. The summed E-state index contributed by atoms with van der Waals surface area (Å²) in [6, 6.07) is 0. The van der Waals surface area contributed by atoms with Gasteiger partial charge in [-0.1, -0.05) is 12.8 Å². The molecule has 0 unspecified atom stereocenters. The predicted molar refractivity (Wildman–Crippen MR) is 56.9 cm³/mol. The van der Waals surface area contributed by atoms with Gasteiger partial charge < -0.3 is 13.8 Å². The summed E-state index contributed by atoms with van der Waals surface area (Å²) in [6.07, 6.45) is 4.32. The smallest absolute Gasteiger partial charge is 0.343 e. The summed E-state index contributed by atoms with van der Waals surface area (Å²) in [5, 5.41) is 0. The Labute approximate surface area is 92.7 Å². The van der Waals surface area contributed by atoms with Gasteiger partial charge in [-0.05, 0) is 11.5 Å². The predicted octanol–water partition coefficient (Wildman–Crippen LogP) is 3.06. The van der Waals surface area contributed by atoms with Crippen LogP contribution in [0.15, 0.2) is 0 Å². The molecule has 0 bridgehead atoms. The maximum absolute atomic E-state index is 3.96. The molecule has 11 heavy (non-hydrogen) atoms. The second kappa shape index (κ2) is 22.5. The Hall–Kier alpha value is 1.19. The van der Waals surface area contributed by atoms with E-state index >= 15 is 0 Å². The summed E-state index contributed by atoms with van der Waals surface area (Å²) in [5.41, 5.74) is 0. The second-order valence-electron chi connectivity index (χ2n) is 1.86. The van der Waals surface area contributed by atoms with E-state index < -0.39 is 0 Å². The van der Waals surface area contributed by atoms with Gasteiger partial charge in [-0.15, -0.1) is 0 Å². The van der Waals surface area contributed by atoms with Crippen LogP contribution in [0.25, 0.3) is 0 Å². The molecule has 0 fully saturated rings. The van der Waals surface area contributed by atoms with E-state index in [4.69, 9.17) is 0 Å². The molecule has 0 rings (SSSR count). The van der Waals surface area contributed by atoms with Crippen LogP contribution < -0.4 is 0 Å². The largest absolute Gasteiger partial charge is 2.00 e. The topological polar surface area (TPSA) is 0 Å². The Morgan fingerprint density at radius 3 is 1.09 bits per heavy atom. The number of unbranched alkanes of at least 4 members (excludes halogenated alkanes) is 2. The number of hydrogen-bond acceptors (Lipinski definition) is 2. The van der Waals surface area contributed by atoms with Crippen molar-refractivity contribution in [2.24, 2.45) is 0 Å². The van der Waals surface area contributed by atoms with Gasteiger partial charge in [0.1, 0.15) is 0 Å². The Morgan fingerprint density at radius 2 is 1.09 bits per heavy atom. The molecule has 0 atom stereocenters. The average molecular weight is 237 g/mol. The normalized spacial score (nSPS) is 7.64. The van der Waals surface area contributed by atoms with Crippen LogP contribution in [-0.4, -0.2) is 11.5 Å². The van der Waals surface area contributed by atoms with Gasteiger partial charge in [0.2, 0.25) is 0 Å². The quantitative estimate of drug-likeness (QED) is 0.419. The molecule has 0 aliphatic rings. The molecule has 0 N–H and O–H groups in total. The molecule has 0 aromatic carbocycles. The van der Waals surface area contributed by atoms with Crippen molar-refractivity contribution in [3.05, 3.63) is 13.8 Å². The molecule has 72 valence electrons. The molecular weight excluding hydrogens is 219 g/mol. The van der Waals surface area contributed by atoms with Crippen molar-refractivity contribution in [2.45, 2.75) is 25.7 Å². The fourth-order valence-corrected chi connectivity index (χ4v) is 0.671. The molecule has 0 heterocycles. The first kappa shape index (κ1) is 18.1. The van der Waals surface area contributed by atoms with E-state index in [0.29, 0.717) is 0 Å². The monoisotopic (exact) mass is 236 g/mol. The molecule has 0 spiro atoms. The SMILES string of the molecule is [CH2-]CCCS.[CH2-]CCCS.[Ni+2]. The molecule has 0 aromatic rings. The molecule has 0 saturated carbocycles. The van der Waals surface area contributed by atoms with Gasteiger partial charge >= 0.3 is 16.5 Å². The van der Waals surface area contributed by atoms with Gasteiger partial charge in [-0.2, -0.15) is 38.1 Å². The zero-order valence-electron chi connectivity index (χ0n) is 6.87. The minimum Gasteiger partial charge on any atom is -0.343 e. The van der Waals surface area contributed by atoms with E-state index in [9.17, 15) is 0 Å². The third-order valence-electron chi connectivity index (χ3n) is 0.816. The van der Waals surface area contributed by atoms with Gasteiger partial charge in [0.25, 0.3) is 0 Å². The van der Waals surface area contributed by atoms with E-state index in [1.165, 1.54) is 0 Å². The standard InChI is InChI=1S/2C4H9S.Ni/c2*1-2-3-4-5;/h2*5H,1-4H2;/q2*-1;+2. The summed E-state index contributed by atoms with van der Waals surface area (Å²) in [4.78, 5) is 0. The molecule has 0 aromatic heterocycles. The fraction of sp³-hybridized carbons (Fsp3) is 0.750. The molecule has 3 heteroatoms. The third kappa shape index (κ3) is 35.1. The summed E-state index contributed by atoms with van der Waals surface area (Å²) in [5.74, 6) is 1.95. The first-order valence-corrected chi connectivity index (χ1v) is 4.90. The van der Waals surface area contributed by atoms with Crippen LogP contribution in [-0.2, 0) is 16.5 Å². The van der Waals surface area contributed by atoms with Crippen molar-refractivity contribution in [2.75, 3.05) is 11.5 Å². The van der Waals surface area contributed by atoms with Crippen molar-refractivity contribution in [1.29, 1.82) is 0 Å². The molecule has 0 nitrogen and oxygen atoms in total. The fourth-order valence-electron chi connectivity index (χ4n) is 0.224. The van der Waals surface area contributed by atoms with Crippen LogP contribution in [0.1, 0.15) is 25.7 Å². The number of thiol groups is 2. The van der Waals surface area contributed by atoms with Gasteiger partial charge in [-0.3, -0.25) is 0 Å². The molecule has 0 radical (unpaired) electrons. The van der Waals surface area contributed by atoms with E-state index in [-0.39, 0.29) is 16.5 Å².